The van der Waals surface area contributed by atoms with Gasteiger partial charge in [-0.25, -0.2) is 4.98 Å². The second-order valence-corrected chi connectivity index (χ2v) is 9.65. The van der Waals surface area contributed by atoms with Gasteiger partial charge in [-0.05, 0) is 43.4 Å². The molecule has 1 saturated heterocycles. The van der Waals surface area contributed by atoms with Gasteiger partial charge >= 0.3 is 0 Å². The van der Waals surface area contributed by atoms with E-state index in [1.165, 1.54) is 33.7 Å². The first-order valence-electron chi connectivity index (χ1n) is 11.0. The number of thiophene rings is 1. The summed E-state index contributed by atoms with van der Waals surface area (Å²) in [5, 5.41) is 0.861. The quantitative estimate of drug-likeness (QED) is 0.552. The Morgan fingerprint density at radius 2 is 1.80 bits per heavy atom. The smallest absolute Gasteiger partial charge is 0.260 e. The summed E-state index contributed by atoms with van der Waals surface area (Å²) in [5.74, 6) is 1.82. The summed E-state index contributed by atoms with van der Waals surface area (Å²) in [6.45, 7) is 6.22. The highest BCUT2D eigenvalue weighted by atomic mass is 32.1. The molecule has 2 aromatic heterocycles. The molecule has 3 heterocycles. The molecule has 3 N–H and O–H groups in total. The van der Waals surface area contributed by atoms with Crippen molar-refractivity contribution in [3.63, 3.8) is 0 Å². The first-order valence-corrected chi connectivity index (χ1v) is 11.9. The predicted octanol–water partition coefficient (Wildman–Crippen LogP) is 0.356. The van der Waals surface area contributed by atoms with Gasteiger partial charge in [0.05, 0.1) is 12.5 Å². The van der Waals surface area contributed by atoms with Crippen molar-refractivity contribution in [2.75, 3.05) is 33.3 Å². The summed E-state index contributed by atoms with van der Waals surface area (Å²) in [7, 11) is 1.74. The third-order valence-corrected chi connectivity index (χ3v) is 7.77. The molecule has 0 atom stereocenters. The molecule has 0 unspecified atom stereocenters. The maximum absolute atomic E-state index is 12.8. The largest absolute Gasteiger partial charge is 0.496 e. The number of nitrogens with zero attached hydrogens (tertiary/aromatic N) is 1. The fourth-order valence-corrected chi connectivity index (χ4v) is 6.24. The Hall–Kier alpha value is -2.22. The van der Waals surface area contributed by atoms with Gasteiger partial charge in [-0.15, -0.1) is 11.3 Å². The van der Waals surface area contributed by atoms with E-state index in [1.54, 1.807) is 23.3 Å². The van der Waals surface area contributed by atoms with Crippen LogP contribution in [0.1, 0.15) is 34.7 Å². The van der Waals surface area contributed by atoms with Crippen molar-refractivity contribution in [3.8, 4) is 5.75 Å². The first kappa shape index (κ1) is 19.7. The maximum atomic E-state index is 12.8. The number of rotatable bonds is 5. The first-order chi connectivity index (χ1) is 14.7. The molecular formula is C23H30N4O2S+2. The molecule has 1 aliphatic heterocycles. The predicted molar refractivity (Wildman–Crippen MR) is 119 cm³/mol. The molecule has 1 aromatic carbocycles. The van der Waals surface area contributed by atoms with Crippen LogP contribution in [0.2, 0.25) is 0 Å². The lowest BCUT2D eigenvalue weighted by molar-refractivity contribution is -1.02. The molecule has 0 bridgehead atoms. The van der Waals surface area contributed by atoms with E-state index in [-0.39, 0.29) is 5.56 Å². The highest BCUT2D eigenvalue weighted by Crippen LogP contribution is 2.33. The summed E-state index contributed by atoms with van der Waals surface area (Å²) < 4.78 is 5.50. The van der Waals surface area contributed by atoms with Gasteiger partial charge in [0.25, 0.3) is 5.56 Å². The highest BCUT2D eigenvalue weighted by Gasteiger charge is 2.26. The van der Waals surface area contributed by atoms with Gasteiger partial charge in [0.1, 0.15) is 49.8 Å². The molecular weight excluding hydrogens is 396 g/mol. The Morgan fingerprint density at radius 3 is 2.60 bits per heavy atom. The fraction of sp³-hybridized carbons (Fsp3) is 0.478. The number of aromatic amines is 1. The molecule has 6 nitrogen and oxygen atoms in total. The number of hydrogen-bond acceptors (Lipinski definition) is 4. The Balaban J connectivity index is 1.24. The normalized spacial score (nSPS) is 21.5. The van der Waals surface area contributed by atoms with Crippen molar-refractivity contribution in [3.05, 3.63) is 56.4 Å². The zero-order chi connectivity index (χ0) is 20.5. The van der Waals surface area contributed by atoms with E-state index < -0.39 is 0 Å². The molecule has 7 heteroatoms. The molecule has 30 heavy (non-hydrogen) atoms. The van der Waals surface area contributed by atoms with Crippen molar-refractivity contribution >= 4 is 21.6 Å². The van der Waals surface area contributed by atoms with Crippen molar-refractivity contribution in [2.24, 2.45) is 0 Å². The van der Waals surface area contributed by atoms with Crippen LogP contribution < -0.4 is 20.1 Å². The Morgan fingerprint density at radius 1 is 1.07 bits per heavy atom. The number of aryl methyl sites for hydroxylation is 2. The zero-order valence-corrected chi connectivity index (χ0v) is 18.4. The number of H-pyrrole nitrogens is 1. The molecule has 3 aromatic rings. The third kappa shape index (κ3) is 3.89. The van der Waals surface area contributed by atoms with E-state index in [9.17, 15) is 4.79 Å². The molecule has 0 amide bonds. The Kier molecular flexibility index (Phi) is 5.58. The summed E-state index contributed by atoms with van der Waals surface area (Å²) in [5.41, 5.74) is 2.60. The van der Waals surface area contributed by atoms with Crippen LogP contribution in [0.15, 0.2) is 29.1 Å². The van der Waals surface area contributed by atoms with E-state index in [4.69, 9.17) is 9.72 Å². The maximum Gasteiger partial charge on any atom is 0.260 e. The summed E-state index contributed by atoms with van der Waals surface area (Å²) >= 11 is 1.74. The molecule has 1 fully saturated rings. The average Bonchev–Trinajstić information content (AvgIpc) is 3.14. The van der Waals surface area contributed by atoms with Crippen LogP contribution in [0.25, 0.3) is 10.2 Å². The number of piperazine rings is 1. The van der Waals surface area contributed by atoms with Crippen molar-refractivity contribution in [2.45, 2.75) is 38.8 Å². The van der Waals surface area contributed by atoms with E-state index in [0.29, 0.717) is 0 Å². The van der Waals surface area contributed by atoms with E-state index >= 15 is 0 Å². The van der Waals surface area contributed by atoms with Crippen LogP contribution in [0.4, 0.5) is 0 Å². The molecule has 5 rings (SSSR count). The van der Waals surface area contributed by atoms with Gasteiger partial charge in [-0.2, -0.15) is 0 Å². The zero-order valence-electron chi connectivity index (χ0n) is 17.6. The second-order valence-electron chi connectivity index (χ2n) is 8.57. The number of aromatic nitrogens is 2. The van der Waals surface area contributed by atoms with Crippen LogP contribution in [0.3, 0.4) is 0 Å². The highest BCUT2D eigenvalue weighted by molar-refractivity contribution is 7.18. The molecule has 1 aliphatic carbocycles. The number of para-hydroxylation sites is 1. The molecule has 2 aliphatic rings. The lowest BCUT2D eigenvalue weighted by Crippen LogP contribution is -3.27. The summed E-state index contributed by atoms with van der Waals surface area (Å²) in [6.07, 6.45) is 4.55. The van der Waals surface area contributed by atoms with Gasteiger partial charge in [0.15, 0.2) is 5.82 Å². The standard InChI is InChI=1S/C23H28N4O2S/c1-29-18-8-4-2-6-16(18)14-26-10-12-27(13-11-26)15-20-24-22(28)21-17-7-3-5-9-19(17)30-23(21)25-20/h2,4,6,8H,3,5,7,9-15H2,1H3,(H,24,25,28)/p+2. The van der Waals surface area contributed by atoms with Crippen LogP contribution in [0, 0.1) is 0 Å². The fourth-order valence-electron chi connectivity index (χ4n) is 4.96. The SMILES string of the molecule is COc1ccccc1C[NH+]1CC[NH+](Cc2nc3sc4c(c3c(=O)[nH]2)CCCC4)CC1. The molecule has 0 radical (unpaired) electrons. The minimum atomic E-state index is 0.0641. The van der Waals surface area contributed by atoms with Crippen molar-refractivity contribution in [1.29, 1.82) is 0 Å². The summed E-state index contributed by atoms with van der Waals surface area (Å²) in [6, 6.07) is 8.31. The average molecular weight is 427 g/mol. The van der Waals surface area contributed by atoms with E-state index in [1.807, 2.05) is 12.1 Å². The Bertz CT molecular complexity index is 1100. The Labute approximate surface area is 180 Å². The number of hydrogen-bond donors (Lipinski definition) is 3. The van der Waals surface area contributed by atoms with Gasteiger partial charge in [0, 0.05) is 10.4 Å². The van der Waals surface area contributed by atoms with Crippen LogP contribution in [-0.4, -0.2) is 43.3 Å². The van der Waals surface area contributed by atoms with Crippen LogP contribution >= 0.6 is 11.3 Å². The topological polar surface area (TPSA) is 63.9 Å². The second kappa shape index (κ2) is 8.49. The number of methoxy groups -OCH3 is 1. The number of quaternary nitrogens is 2. The minimum Gasteiger partial charge on any atom is -0.496 e. The number of benzene rings is 1. The number of nitrogens with one attached hydrogen (secondary N) is 3. The van der Waals surface area contributed by atoms with Gasteiger partial charge in [0.2, 0.25) is 0 Å². The minimum absolute atomic E-state index is 0.0641. The van der Waals surface area contributed by atoms with E-state index in [0.717, 1.165) is 73.9 Å². The molecule has 0 spiro atoms. The lowest BCUT2D eigenvalue weighted by Gasteiger charge is -2.29. The molecule has 0 saturated carbocycles. The number of ether oxygens (including phenoxy) is 1. The van der Waals surface area contributed by atoms with Crippen molar-refractivity contribution in [1.82, 2.24) is 9.97 Å². The monoisotopic (exact) mass is 426 g/mol. The van der Waals surface area contributed by atoms with Crippen LogP contribution in [0.5, 0.6) is 5.75 Å². The van der Waals surface area contributed by atoms with E-state index in [2.05, 4.69) is 17.1 Å². The van der Waals surface area contributed by atoms with Gasteiger partial charge < -0.3 is 19.5 Å². The summed E-state index contributed by atoms with van der Waals surface area (Å²) in [4.78, 5) is 26.2. The molecule has 158 valence electrons. The third-order valence-electron chi connectivity index (χ3n) is 6.59. The van der Waals surface area contributed by atoms with Gasteiger partial charge in [-0.1, -0.05) is 12.1 Å². The lowest BCUT2D eigenvalue weighted by atomic mass is 9.97. The van der Waals surface area contributed by atoms with Gasteiger partial charge in [-0.3, -0.25) is 4.79 Å². The van der Waals surface area contributed by atoms with Crippen LogP contribution in [-0.2, 0) is 25.9 Å². The van der Waals surface area contributed by atoms with Crippen molar-refractivity contribution < 1.29 is 14.5 Å². The number of fused-ring (bicyclic) bond motifs is 3.